The minimum atomic E-state index is -0.523. The lowest BCUT2D eigenvalue weighted by molar-refractivity contribution is -0.124. The molecule has 186 valence electrons. The Morgan fingerprint density at radius 1 is 1.25 bits per heavy atom. The Balaban J connectivity index is 1.42. The second-order valence-electron chi connectivity index (χ2n) is 9.90. The monoisotopic (exact) mass is 482 g/mol. The van der Waals surface area contributed by atoms with Crippen LogP contribution in [0.5, 0.6) is 0 Å². The molecular formula is C30H34N4O2. The number of carbonyl (C=O) groups is 1. The zero-order chi connectivity index (χ0) is 25.2. The van der Waals surface area contributed by atoms with Crippen LogP contribution in [0, 0.1) is 13.8 Å². The summed E-state index contributed by atoms with van der Waals surface area (Å²) in [6, 6.07) is 15.4. The van der Waals surface area contributed by atoms with E-state index in [0.29, 0.717) is 6.04 Å². The van der Waals surface area contributed by atoms with Crippen molar-refractivity contribution in [2.45, 2.75) is 45.7 Å². The molecule has 2 heterocycles. The van der Waals surface area contributed by atoms with E-state index in [1.54, 1.807) is 11.6 Å². The third-order valence-electron chi connectivity index (χ3n) is 7.63. The zero-order valence-corrected chi connectivity index (χ0v) is 21.2. The van der Waals surface area contributed by atoms with Gasteiger partial charge in [-0.1, -0.05) is 36.4 Å². The fraction of sp³-hybridized carbons (Fsp3) is 0.300. The topological polar surface area (TPSA) is 73.3 Å². The maximum atomic E-state index is 11.4. The van der Waals surface area contributed by atoms with E-state index in [0.717, 1.165) is 37.9 Å². The van der Waals surface area contributed by atoms with Crippen molar-refractivity contribution in [2.24, 2.45) is 7.05 Å². The molecule has 36 heavy (non-hydrogen) atoms. The van der Waals surface area contributed by atoms with Gasteiger partial charge in [0.05, 0.1) is 0 Å². The van der Waals surface area contributed by atoms with Gasteiger partial charge in [-0.15, -0.1) is 0 Å². The minimum absolute atomic E-state index is 0.349. The van der Waals surface area contributed by atoms with Crippen LogP contribution in [0.3, 0.4) is 0 Å². The summed E-state index contributed by atoms with van der Waals surface area (Å²) < 4.78 is 2.23. The average Bonchev–Trinajstić information content (AvgIpc) is 3.56. The van der Waals surface area contributed by atoms with Crippen LogP contribution in [0.1, 0.15) is 51.5 Å². The fourth-order valence-electron chi connectivity index (χ4n) is 5.67. The van der Waals surface area contributed by atoms with Crippen LogP contribution >= 0.6 is 0 Å². The first-order valence-electron chi connectivity index (χ1n) is 12.6. The molecular weight excluding hydrogens is 448 g/mol. The second-order valence-corrected chi connectivity index (χ2v) is 9.90. The number of H-pyrrole nitrogens is 1. The number of carbonyl (C=O) groups excluding carboxylic acids is 1. The summed E-state index contributed by atoms with van der Waals surface area (Å²) in [6.45, 7) is 6.23. The molecule has 3 N–H and O–H groups in total. The molecule has 0 radical (unpaired) electrons. The number of hydrogen-bond donors (Lipinski definition) is 3. The third kappa shape index (κ3) is 4.74. The molecule has 1 unspecified atom stereocenters. The Hall–Kier alpha value is -3.61. The van der Waals surface area contributed by atoms with E-state index < -0.39 is 5.91 Å². The molecule has 0 saturated heterocycles. The van der Waals surface area contributed by atoms with Gasteiger partial charge in [0, 0.05) is 61.2 Å². The first-order chi connectivity index (χ1) is 17.4. The van der Waals surface area contributed by atoms with Crippen LogP contribution in [-0.2, 0) is 31.2 Å². The molecule has 6 nitrogen and oxygen atoms in total. The van der Waals surface area contributed by atoms with Gasteiger partial charge in [-0.05, 0) is 78.6 Å². The molecule has 1 amide bonds. The van der Waals surface area contributed by atoms with Crippen molar-refractivity contribution < 1.29 is 10.0 Å². The van der Waals surface area contributed by atoms with E-state index in [9.17, 15) is 4.79 Å². The molecule has 2 aromatic carbocycles. The zero-order valence-electron chi connectivity index (χ0n) is 21.2. The number of nitrogens with one attached hydrogen (secondary N) is 2. The normalized spacial score (nSPS) is 15.3. The molecule has 0 spiro atoms. The lowest BCUT2D eigenvalue weighted by Gasteiger charge is -2.30. The molecule has 0 fully saturated rings. The van der Waals surface area contributed by atoms with E-state index >= 15 is 0 Å². The average molecular weight is 483 g/mol. The lowest BCUT2D eigenvalue weighted by atomic mass is 10.0. The van der Waals surface area contributed by atoms with Crippen molar-refractivity contribution in [3.63, 3.8) is 0 Å². The maximum Gasteiger partial charge on any atom is 0.267 e. The maximum absolute atomic E-state index is 11.4. The van der Waals surface area contributed by atoms with Gasteiger partial charge in [-0.25, -0.2) is 5.48 Å². The molecule has 4 aromatic rings. The summed E-state index contributed by atoms with van der Waals surface area (Å²) >= 11 is 0. The predicted molar refractivity (Wildman–Crippen MR) is 144 cm³/mol. The number of aryl methyl sites for hydroxylation is 4. The van der Waals surface area contributed by atoms with Crippen LogP contribution in [0.4, 0.5) is 0 Å². The summed E-state index contributed by atoms with van der Waals surface area (Å²) in [5.41, 5.74) is 11.9. The fourth-order valence-corrected chi connectivity index (χ4v) is 5.67. The smallest absolute Gasteiger partial charge is 0.267 e. The van der Waals surface area contributed by atoms with Gasteiger partial charge in [0.25, 0.3) is 5.91 Å². The number of hydrogen-bond acceptors (Lipinski definition) is 3. The predicted octanol–water partition coefficient (Wildman–Crippen LogP) is 5.37. The van der Waals surface area contributed by atoms with Crippen LogP contribution in [0.25, 0.3) is 17.0 Å². The first-order valence-corrected chi connectivity index (χ1v) is 12.6. The molecule has 5 rings (SSSR count). The van der Waals surface area contributed by atoms with Crippen molar-refractivity contribution in [1.82, 2.24) is 19.9 Å². The van der Waals surface area contributed by atoms with Gasteiger partial charge in [0.2, 0.25) is 0 Å². The second kappa shape index (κ2) is 10.2. The number of aromatic amines is 1. The number of hydroxylamine groups is 1. The van der Waals surface area contributed by atoms with Crippen LogP contribution in [0.2, 0.25) is 0 Å². The standard InChI is InChI=1S/C30H34N4O2/c1-20-17-31-21(2)27(20)19-34(15-14-24-18-33(3)28-7-5-4-6-25(24)28)29-12-10-23-16-22(8-11-26(23)29)9-13-30(35)32-36/h4-9,11,13,16-18,29,31,36H,10,12,14-15,19H2,1-3H3,(H,32,35)/b13-9+. The summed E-state index contributed by atoms with van der Waals surface area (Å²) in [5, 5.41) is 10.1. The Kier molecular flexibility index (Phi) is 6.81. The van der Waals surface area contributed by atoms with Crippen LogP contribution < -0.4 is 5.48 Å². The van der Waals surface area contributed by atoms with Crippen LogP contribution in [0.15, 0.2) is 60.9 Å². The van der Waals surface area contributed by atoms with Crippen molar-refractivity contribution >= 4 is 22.9 Å². The molecule has 6 heteroatoms. The molecule has 0 aliphatic heterocycles. The molecule has 0 bridgehead atoms. The Morgan fingerprint density at radius 2 is 2.08 bits per heavy atom. The number of rotatable bonds is 8. The summed E-state index contributed by atoms with van der Waals surface area (Å²) in [7, 11) is 2.12. The highest BCUT2D eigenvalue weighted by molar-refractivity contribution is 5.90. The van der Waals surface area contributed by atoms with Crippen molar-refractivity contribution in [1.29, 1.82) is 0 Å². The Labute approximate surface area is 212 Å². The van der Waals surface area contributed by atoms with E-state index in [4.69, 9.17) is 5.21 Å². The number of benzene rings is 2. The quantitative estimate of drug-likeness (QED) is 0.179. The minimum Gasteiger partial charge on any atom is -0.365 e. The van der Waals surface area contributed by atoms with Gasteiger partial charge >= 0.3 is 0 Å². The van der Waals surface area contributed by atoms with Gasteiger partial charge in [0.1, 0.15) is 0 Å². The molecule has 0 saturated carbocycles. The van der Waals surface area contributed by atoms with Gasteiger partial charge in [-0.3, -0.25) is 14.9 Å². The number of para-hydroxylation sites is 1. The molecule has 1 atom stereocenters. The summed E-state index contributed by atoms with van der Waals surface area (Å²) in [5.74, 6) is -0.523. The van der Waals surface area contributed by atoms with Crippen molar-refractivity contribution in [2.75, 3.05) is 6.54 Å². The molecule has 2 aromatic heterocycles. The van der Waals surface area contributed by atoms with E-state index in [-0.39, 0.29) is 0 Å². The SMILES string of the molecule is Cc1c[nH]c(C)c1CN(CCc1cn(C)c2ccccc12)C1CCc2cc(/C=C/C(=O)NO)ccc21. The Bertz CT molecular complexity index is 1410. The van der Waals surface area contributed by atoms with Gasteiger partial charge in [-0.2, -0.15) is 0 Å². The van der Waals surface area contributed by atoms with Crippen molar-refractivity contribution in [3.8, 4) is 0 Å². The highest BCUT2D eigenvalue weighted by Crippen LogP contribution is 2.38. The third-order valence-corrected chi connectivity index (χ3v) is 7.63. The van der Waals surface area contributed by atoms with Gasteiger partial charge < -0.3 is 9.55 Å². The molecule has 1 aliphatic carbocycles. The summed E-state index contributed by atoms with van der Waals surface area (Å²) in [4.78, 5) is 17.4. The highest BCUT2D eigenvalue weighted by Gasteiger charge is 2.29. The number of nitrogens with zero attached hydrogens (tertiary/aromatic N) is 2. The van der Waals surface area contributed by atoms with Gasteiger partial charge in [0.15, 0.2) is 0 Å². The van der Waals surface area contributed by atoms with E-state index in [1.807, 2.05) is 0 Å². The highest BCUT2D eigenvalue weighted by atomic mass is 16.5. The van der Waals surface area contributed by atoms with Crippen molar-refractivity contribution in [3.05, 3.63) is 100 Å². The number of fused-ring (bicyclic) bond motifs is 2. The van der Waals surface area contributed by atoms with E-state index in [1.165, 1.54) is 50.5 Å². The number of aromatic nitrogens is 2. The summed E-state index contributed by atoms with van der Waals surface area (Å²) in [6.07, 6.45) is 10.6. The first kappa shape index (κ1) is 24.1. The lowest BCUT2D eigenvalue weighted by Crippen LogP contribution is -2.29. The number of amides is 1. The van der Waals surface area contributed by atoms with E-state index in [2.05, 4.69) is 90.2 Å². The Morgan fingerprint density at radius 3 is 2.86 bits per heavy atom. The van der Waals surface area contributed by atoms with Crippen LogP contribution in [-0.4, -0.2) is 32.1 Å². The molecule has 1 aliphatic rings. The largest absolute Gasteiger partial charge is 0.365 e.